The summed E-state index contributed by atoms with van der Waals surface area (Å²) in [6.45, 7) is 1.40. The van der Waals surface area contributed by atoms with E-state index < -0.39 is 11.5 Å². The number of methoxy groups -OCH3 is 1. The van der Waals surface area contributed by atoms with Crippen LogP contribution in [-0.2, 0) is 10.3 Å². The molecule has 0 amide bonds. The number of nitrogens with zero attached hydrogens (tertiary/aromatic N) is 1. The number of nitrogens with two attached hydrogens (primary N) is 1. The molecule has 0 aromatic carbocycles. The van der Waals surface area contributed by atoms with Crippen molar-refractivity contribution in [2.45, 2.75) is 12.5 Å². The second-order valence-corrected chi connectivity index (χ2v) is 3.07. The van der Waals surface area contributed by atoms with E-state index in [1.165, 1.54) is 20.2 Å². The Kier molecular flexibility index (Phi) is 2.71. The fraction of sp³-hybridized carbons (Fsp3) is 0.333. The summed E-state index contributed by atoms with van der Waals surface area (Å²) in [6, 6.07) is 3.20. The molecule has 76 valence electrons. The van der Waals surface area contributed by atoms with E-state index in [4.69, 9.17) is 15.6 Å². The van der Waals surface area contributed by atoms with Crippen molar-refractivity contribution in [1.82, 2.24) is 4.98 Å². The first kappa shape index (κ1) is 10.5. The minimum absolute atomic E-state index is 0.236. The number of hydrogen-bond acceptors (Lipinski definition) is 4. The van der Waals surface area contributed by atoms with Gasteiger partial charge in [-0.05, 0) is 19.1 Å². The number of rotatable bonds is 3. The summed E-state index contributed by atoms with van der Waals surface area (Å²) in [5.74, 6) is -0.885. The monoisotopic (exact) mass is 196 g/mol. The SMILES string of the molecule is COc1ncccc1C(C)(N)C(=O)O. The molecule has 0 aliphatic carbocycles. The highest BCUT2D eigenvalue weighted by Crippen LogP contribution is 2.25. The Morgan fingerprint density at radius 1 is 1.71 bits per heavy atom. The van der Waals surface area contributed by atoms with Gasteiger partial charge in [-0.2, -0.15) is 0 Å². The van der Waals surface area contributed by atoms with Crippen molar-refractivity contribution < 1.29 is 14.6 Å². The van der Waals surface area contributed by atoms with Crippen molar-refractivity contribution in [1.29, 1.82) is 0 Å². The van der Waals surface area contributed by atoms with Crippen LogP contribution >= 0.6 is 0 Å². The summed E-state index contributed by atoms with van der Waals surface area (Å²) < 4.78 is 4.93. The average molecular weight is 196 g/mol. The van der Waals surface area contributed by atoms with Crippen molar-refractivity contribution in [2.24, 2.45) is 5.73 Å². The van der Waals surface area contributed by atoms with E-state index in [0.717, 1.165) is 0 Å². The van der Waals surface area contributed by atoms with Gasteiger partial charge in [-0.15, -0.1) is 0 Å². The number of aliphatic carboxylic acids is 1. The van der Waals surface area contributed by atoms with Gasteiger partial charge in [0, 0.05) is 11.8 Å². The van der Waals surface area contributed by atoms with Crippen LogP contribution in [0.5, 0.6) is 5.88 Å². The van der Waals surface area contributed by atoms with Gasteiger partial charge in [0.2, 0.25) is 5.88 Å². The predicted octanol–water partition coefficient (Wildman–Crippen LogP) is 0.349. The molecule has 0 spiro atoms. The zero-order valence-electron chi connectivity index (χ0n) is 8.02. The Bertz CT molecular complexity index is 350. The van der Waals surface area contributed by atoms with Gasteiger partial charge in [0.1, 0.15) is 5.54 Å². The van der Waals surface area contributed by atoms with Crippen LogP contribution in [0.25, 0.3) is 0 Å². The van der Waals surface area contributed by atoms with Crippen molar-refractivity contribution >= 4 is 5.97 Å². The quantitative estimate of drug-likeness (QED) is 0.728. The van der Waals surface area contributed by atoms with Gasteiger partial charge in [0.15, 0.2) is 0 Å². The Morgan fingerprint density at radius 2 is 2.36 bits per heavy atom. The highest BCUT2D eigenvalue weighted by atomic mass is 16.5. The lowest BCUT2D eigenvalue weighted by molar-refractivity contribution is -0.143. The van der Waals surface area contributed by atoms with E-state index in [0.29, 0.717) is 5.56 Å². The fourth-order valence-corrected chi connectivity index (χ4v) is 1.06. The molecule has 3 N–H and O–H groups in total. The first-order chi connectivity index (χ1) is 6.50. The molecule has 0 aliphatic heterocycles. The maximum Gasteiger partial charge on any atom is 0.328 e. The molecular formula is C9H12N2O3. The van der Waals surface area contributed by atoms with E-state index in [1.807, 2.05) is 0 Å². The van der Waals surface area contributed by atoms with Crippen LogP contribution in [0.3, 0.4) is 0 Å². The lowest BCUT2D eigenvalue weighted by Crippen LogP contribution is -2.42. The zero-order chi connectivity index (χ0) is 10.8. The zero-order valence-corrected chi connectivity index (χ0v) is 8.02. The van der Waals surface area contributed by atoms with Gasteiger partial charge in [-0.1, -0.05) is 0 Å². The molecule has 1 aromatic rings. The molecule has 0 radical (unpaired) electrons. The van der Waals surface area contributed by atoms with Crippen LogP contribution in [-0.4, -0.2) is 23.2 Å². The molecule has 0 bridgehead atoms. The van der Waals surface area contributed by atoms with Gasteiger partial charge < -0.3 is 15.6 Å². The Labute approximate surface area is 81.5 Å². The molecule has 1 atom stereocenters. The maximum atomic E-state index is 10.9. The topological polar surface area (TPSA) is 85.4 Å². The third-order valence-electron chi connectivity index (χ3n) is 1.97. The molecule has 0 saturated carbocycles. The largest absolute Gasteiger partial charge is 0.481 e. The minimum atomic E-state index is -1.49. The molecule has 0 aliphatic rings. The third-order valence-corrected chi connectivity index (χ3v) is 1.97. The van der Waals surface area contributed by atoms with E-state index >= 15 is 0 Å². The smallest absolute Gasteiger partial charge is 0.328 e. The predicted molar refractivity (Wildman–Crippen MR) is 50.0 cm³/mol. The second-order valence-electron chi connectivity index (χ2n) is 3.07. The molecule has 1 unspecified atom stereocenters. The summed E-state index contributed by atoms with van der Waals surface area (Å²) in [6.07, 6.45) is 1.51. The number of pyridine rings is 1. The van der Waals surface area contributed by atoms with Crippen molar-refractivity contribution in [3.63, 3.8) is 0 Å². The number of carbonyl (C=O) groups is 1. The molecule has 14 heavy (non-hydrogen) atoms. The van der Waals surface area contributed by atoms with E-state index in [1.54, 1.807) is 12.1 Å². The van der Waals surface area contributed by atoms with Crippen molar-refractivity contribution in [3.8, 4) is 5.88 Å². The molecule has 1 aromatic heterocycles. The summed E-state index contributed by atoms with van der Waals surface area (Å²) in [5, 5.41) is 8.91. The molecule has 0 saturated heterocycles. The summed E-state index contributed by atoms with van der Waals surface area (Å²) in [4.78, 5) is 14.8. The van der Waals surface area contributed by atoms with Crippen molar-refractivity contribution in [2.75, 3.05) is 7.11 Å². The highest BCUT2D eigenvalue weighted by molar-refractivity contribution is 5.80. The molecule has 0 fully saturated rings. The molecule has 1 heterocycles. The Hall–Kier alpha value is -1.62. The van der Waals surface area contributed by atoms with Gasteiger partial charge in [0.25, 0.3) is 0 Å². The lowest BCUT2D eigenvalue weighted by Gasteiger charge is -2.20. The van der Waals surface area contributed by atoms with Gasteiger partial charge in [-0.3, -0.25) is 0 Å². The molecule has 5 nitrogen and oxygen atoms in total. The summed E-state index contributed by atoms with van der Waals surface area (Å²) >= 11 is 0. The van der Waals surface area contributed by atoms with Crippen LogP contribution in [0.1, 0.15) is 12.5 Å². The number of ether oxygens (including phenoxy) is 1. The normalized spacial score (nSPS) is 14.5. The highest BCUT2D eigenvalue weighted by Gasteiger charge is 2.33. The standard InChI is InChI=1S/C9H12N2O3/c1-9(10,8(12)13)6-4-3-5-11-7(6)14-2/h3-5H,10H2,1-2H3,(H,12,13). The van der Waals surface area contributed by atoms with Gasteiger partial charge in [-0.25, -0.2) is 9.78 Å². The minimum Gasteiger partial charge on any atom is -0.481 e. The van der Waals surface area contributed by atoms with Gasteiger partial charge in [0.05, 0.1) is 7.11 Å². The molecule has 1 rings (SSSR count). The molecule has 5 heteroatoms. The van der Waals surface area contributed by atoms with Crippen LogP contribution in [0, 0.1) is 0 Å². The van der Waals surface area contributed by atoms with E-state index in [9.17, 15) is 4.79 Å². The Morgan fingerprint density at radius 3 is 2.86 bits per heavy atom. The van der Waals surface area contributed by atoms with E-state index in [-0.39, 0.29) is 5.88 Å². The first-order valence-corrected chi connectivity index (χ1v) is 4.02. The summed E-state index contributed by atoms with van der Waals surface area (Å²) in [5.41, 5.74) is 4.51. The number of aromatic nitrogens is 1. The summed E-state index contributed by atoms with van der Waals surface area (Å²) in [7, 11) is 1.42. The maximum absolute atomic E-state index is 10.9. The Balaban J connectivity index is 3.24. The van der Waals surface area contributed by atoms with Gasteiger partial charge >= 0.3 is 5.97 Å². The van der Waals surface area contributed by atoms with Crippen LogP contribution in [0.4, 0.5) is 0 Å². The number of carboxylic acids is 1. The van der Waals surface area contributed by atoms with Crippen molar-refractivity contribution in [3.05, 3.63) is 23.9 Å². The van der Waals surface area contributed by atoms with Crippen LogP contribution < -0.4 is 10.5 Å². The molecular weight excluding hydrogens is 184 g/mol. The van der Waals surface area contributed by atoms with E-state index in [2.05, 4.69) is 4.98 Å². The number of hydrogen-bond donors (Lipinski definition) is 2. The second kappa shape index (κ2) is 3.63. The number of carboxylic acid groups (broad SMARTS) is 1. The lowest BCUT2D eigenvalue weighted by atomic mass is 9.94. The van der Waals surface area contributed by atoms with Crippen LogP contribution in [0.2, 0.25) is 0 Å². The fourth-order valence-electron chi connectivity index (χ4n) is 1.06. The van der Waals surface area contributed by atoms with Crippen LogP contribution in [0.15, 0.2) is 18.3 Å². The average Bonchev–Trinajstić information content (AvgIpc) is 2.17. The third kappa shape index (κ3) is 1.67. The first-order valence-electron chi connectivity index (χ1n) is 4.02.